The molecule has 3 nitrogen and oxygen atoms in total. The predicted molar refractivity (Wildman–Crippen MR) is 96.8 cm³/mol. The number of hydrogen-bond acceptors (Lipinski definition) is 2. The predicted octanol–water partition coefficient (Wildman–Crippen LogP) is 4.06. The largest absolute Gasteiger partial charge is 0.336 e. The summed E-state index contributed by atoms with van der Waals surface area (Å²) in [6.45, 7) is 4.10. The van der Waals surface area contributed by atoms with E-state index in [0.717, 1.165) is 37.2 Å². The fourth-order valence-corrected chi connectivity index (χ4v) is 3.41. The maximum atomic E-state index is 12.6. The minimum Gasteiger partial charge on any atom is -0.336 e. The minimum absolute atomic E-state index is 0.0242. The van der Waals surface area contributed by atoms with Gasteiger partial charge in [-0.05, 0) is 23.8 Å². The number of hydrogen-bond donors (Lipinski definition) is 0. The molecule has 0 unspecified atom stereocenters. The van der Waals surface area contributed by atoms with Crippen molar-refractivity contribution in [3.63, 3.8) is 0 Å². The quantitative estimate of drug-likeness (QED) is 0.785. The van der Waals surface area contributed by atoms with Gasteiger partial charge >= 0.3 is 0 Å². The lowest BCUT2D eigenvalue weighted by Crippen LogP contribution is -2.48. The topological polar surface area (TPSA) is 23.6 Å². The van der Waals surface area contributed by atoms with Crippen molar-refractivity contribution in [1.82, 2.24) is 9.80 Å². The smallest absolute Gasteiger partial charge is 0.255 e. The van der Waals surface area contributed by atoms with Gasteiger partial charge in [-0.15, -0.1) is 0 Å². The van der Waals surface area contributed by atoms with Crippen molar-refractivity contribution in [3.05, 3.63) is 69.2 Å². The Hall–Kier alpha value is -1.36. The molecule has 0 radical (unpaired) electrons. The molecule has 0 aromatic heterocycles. The van der Waals surface area contributed by atoms with E-state index in [2.05, 4.69) is 39.0 Å². The first-order valence-corrected chi connectivity index (χ1v) is 8.82. The number of rotatable bonds is 3. The molecular weight excluding hydrogens is 376 g/mol. The van der Waals surface area contributed by atoms with Gasteiger partial charge in [0.1, 0.15) is 0 Å². The molecular formula is C18H18BrClN2O. The summed E-state index contributed by atoms with van der Waals surface area (Å²) in [6.07, 6.45) is 0. The molecule has 0 spiro atoms. The molecule has 0 saturated carbocycles. The van der Waals surface area contributed by atoms with E-state index in [1.54, 1.807) is 12.1 Å². The van der Waals surface area contributed by atoms with E-state index < -0.39 is 0 Å². The van der Waals surface area contributed by atoms with Gasteiger partial charge in [-0.1, -0.05) is 57.9 Å². The monoisotopic (exact) mass is 392 g/mol. The van der Waals surface area contributed by atoms with E-state index in [9.17, 15) is 4.79 Å². The molecule has 0 aliphatic carbocycles. The Labute approximate surface area is 150 Å². The molecule has 0 bridgehead atoms. The Balaban J connectivity index is 1.59. The highest BCUT2D eigenvalue weighted by atomic mass is 79.9. The molecule has 0 atom stereocenters. The number of halogens is 2. The van der Waals surface area contributed by atoms with Gasteiger partial charge in [0.05, 0.1) is 10.6 Å². The van der Waals surface area contributed by atoms with Crippen LogP contribution in [0.1, 0.15) is 15.9 Å². The third kappa shape index (κ3) is 3.94. The van der Waals surface area contributed by atoms with Crippen LogP contribution in [-0.4, -0.2) is 41.9 Å². The summed E-state index contributed by atoms with van der Waals surface area (Å²) in [6, 6.07) is 15.5. The molecule has 1 aliphatic rings. The van der Waals surface area contributed by atoms with Crippen LogP contribution in [0.2, 0.25) is 5.02 Å². The minimum atomic E-state index is 0.0242. The van der Waals surface area contributed by atoms with Crippen LogP contribution in [0.5, 0.6) is 0 Å². The normalized spacial score (nSPS) is 15.7. The van der Waals surface area contributed by atoms with Crippen molar-refractivity contribution < 1.29 is 4.79 Å². The van der Waals surface area contributed by atoms with Crippen LogP contribution in [0.4, 0.5) is 0 Å². The first-order valence-electron chi connectivity index (χ1n) is 7.65. The van der Waals surface area contributed by atoms with Crippen molar-refractivity contribution in [2.24, 2.45) is 0 Å². The molecule has 23 heavy (non-hydrogen) atoms. The van der Waals surface area contributed by atoms with E-state index in [-0.39, 0.29) is 5.91 Å². The molecule has 120 valence electrons. The van der Waals surface area contributed by atoms with E-state index in [4.69, 9.17) is 11.6 Å². The average molecular weight is 394 g/mol. The van der Waals surface area contributed by atoms with Gasteiger partial charge in [0.25, 0.3) is 5.91 Å². The van der Waals surface area contributed by atoms with E-state index in [0.29, 0.717) is 10.6 Å². The Morgan fingerprint density at radius 3 is 2.35 bits per heavy atom. The van der Waals surface area contributed by atoms with Crippen molar-refractivity contribution in [3.8, 4) is 0 Å². The highest BCUT2D eigenvalue weighted by molar-refractivity contribution is 9.10. The lowest BCUT2D eigenvalue weighted by molar-refractivity contribution is 0.0628. The first kappa shape index (κ1) is 16.5. The Bertz CT molecular complexity index is 699. The van der Waals surface area contributed by atoms with Crippen molar-refractivity contribution in [2.75, 3.05) is 26.2 Å². The van der Waals surface area contributed by atoms with Crippen LogP contribution in [0.15, 0.2) is 53.0 Å². The lowest BCUT2D eigenvalue weighted by Gasteiger charge is -2.35. The van der Waals surface area contributed by atoms with Gasteiger partial charge in [0, 0.05) is 37.2 Å². The number of amides is 1. The molecule has 3 rings (SSSR count). The van der Waals surface area contributed by atoms with Crippen LogP contribution in [0.3, 0.4) is 0 Å². The summed E-state index contributed by atoms with van der Waals surface area (Å²) in [5.74, 6) is 0.0242. The van der Waals surface area contributed by atoms with Crippen LogP contribution in [-0.2, 0) is 6.54 Å². The first-order chi connectivity index (χ1) is 11.1. The summed E-state index contributed by atoms with van der Waals surface area (Å²) in [5.41, 5.74) is 1.87. The van der Waals surface area contributed by atoms with Crippen LogP contribution in [0.25, 0.3) is 0 Å². The summed E-state index contributed by atoms with van der Waals surface area (Å²) >= 11 is 9.72. The summed E-state index contributed by atoms with van der Waals surface area (Å²) < 4.78 is 1.13. The SMILES string of the molecule is O=C(c1ccccc1Cl)N1CCN(Cc2ccccc2Br)CC1. The molecule has 2 aromatic rings. The van der Waals surface area contributed by atoms with E-state index >= 15 is 0 Å². The van der Waals surface area contributed by atoms with Crippen molar-refractivity contribution in [2.45, 2.75) is 6.54 Å². The van der Waals surface area contributed by atoms with Crippen LogP contribution in [0, 0.1) is 0 Å². The van der Waals surface area contributed by atoms with Gasteiger partial charge in [-0.25, -0.2) is 0 Å². The van der Waals surface area contributed by atoms with Gasteiger partial charge in [-0.2, -0.15) is 0 Å². The molecule has 1 aliphatic heterocycles. The molecule has 2 aromatic carbocycles. The number of piperazine rings is 1. The third-order valence-corrected chi connectivity index (χ3v) is 5.22. The zero-order valence-electron chi connectivity index (χ0n) is 12.7. The second-order valence-electron chi connectivity index (χ2n) is 5.64. The van der Waals surface area contributed by atoms with E-state index in [1.165, 1.54) is 5.56 Å². The molecule has 1 heterocycles. The molecule has 0 N–H and O–H groups in total. The van der Waals surface area contributed by atoms with Gasteiger partial charge < -0.3 is 4.90 Å². The maximum absolute atomic E-state index is 12.6. The highest BCUT2D eigenvalue weighted by Gasteiger charge is 2.23. The Morgan fingerprint density at radius 2 is 1.65 bits per heavy atom. The van der Waals surface area contributed by atoms with Crippen molar-refractivity contribution >= 4 is 33.4 Å². The standard InChI is InChI=1S/C18H18BrClN2O/c19-16-7-3-1-5-14(16)13-21-9-11-22(12-10-21)18(23)15-6-2-4-8-17(15)20/h1-8H,9-13H2. The number of benzene rings is 2. The van der Waals surface area contributed by atoms with Gasteiger partial charge in [0.15, 0.2) is 0 Å². The zero-order valence-corrected chi connectivity index (χ0v) is 15.1. The third-order valence-electron chi connectivity index (χ3n) is 4.12. The van der Waals surface area contributed by atoms with Gasteiger partial charge in [0.2, 0.25) is 0 Å². The molecule has 5 heteroatoms. The zero-order chi connectivity index (χ0) is 16.2. The lowest BCUT2D eigenvalue weighted by atomic mass is 10.1. The number of nitrogens with zero attached hydrogens (tertiary/aromatic N) is 2. The second kappa shape index (κ2) is 7.47. The number of carbonyl (C=O) groups excluding carboxylic acids is 1. The van der Waals surface area contributed by atoms with Crippen molar-refractivity contribution in [1.29, 1.82) is 0 Å². The molecule has 1 fully saturated rings. The van der Waals surface area contributed by atoms with Crippen LogP contribution < -0.4 is 0 Å². The fraction of sp³-hybridized carbons (Fsp3) is 0.278. The Morgan fingerprint density at radius 1 is 1.00 bits per heavy atom. The second-order valence-corrected chi connectivity index (χ2v) is 6.90. The maximum Gasteiger partial charge on any atom is 0.255 e. The summed E-state index contributed by atoms with van der Waals surface area (Å²) in [4.78, 5) is 16.8. The van der Waals surface area contributed by atoms with Gasteiger partial charge in [-0.3, -0.25) is 9.69 Å². The fourth-order valence-electron chi connectivity index (χ4n) is 2.78. The van der Waals surface area contributed by atoms with E-state index in [1.807, 2.05) is 23.1 Å². The number of carbonyl (C=O) groups is 1. The molecule has 1 saturated heterocycles. The highest BCUT2D eigenvalue weighted by Crippen LogP contribution is 2.20. The van der Waals surface area contributed by atoms with Crippen LogP contribution >= 0.6 is 27.5 Å². The summed E-state index contributed by atoms with van der Waals surface area (Å²) in [5, 5.41) is 0.521. The average Bonchev–Trinajstić information content (AvgIpc) is 2.57. The summed E-state index contributed by atoms with van der Waals surface area (Å²) in [7, 11) is 0. The Kier molecular flexibility index (Phi) is 5.36. The molecule has 1 amide bonds.